The predicted molar refractivity (Wildman–Crippen MR) is 112 cm³/mol. The third-order valence-corrected chi connectivity index (χ3v) is 5.38. The van der Waals surface area contributed by atoms with Crippen molar-refractivity contribution in [2.24, 2.45) is 7.05 Å². The Morgan fingerprint density at radius 1 is 1.17 bits per heavy atom. The molecule has 8 heteroatoms. The number of carbonyl (C=O) groups excluding carboxylic acids is 1. The van der Waals surface area contributed by atoms with Crippen LogP contribution in [0.4, 0.5) is 0 Å². The highest BCUT2D eigenvalue weighted by Gasteiger charge is 2.13. The van der Waals surface area contributed by atoms with Gasteiger partial charge in [0.1, 0.15) is 18.0 Å². The van der Waals surface area contributed by atoms with Gasteiger partial charge in [-0.3, -0.25) is 4.79 Å². The number of hydrogen-bond donors (Lipinski definition) is 1. The minimum absolute atomic E-state index is 0.156. The molecule has 3 heterocycles. The van der Waals surface area contributed by atoms with Gasteiger partial charge in [-0.25, -0.2) is 9.97 Å². The fraction of sp³-hybridized carbons (Fsp3) is 0.190. The van der Waals surface area contributed by atoms with Gasteiger partial charge in [-0.15, -0.1) is 0 Å². The van der Waals surface area contributed by atoms with Crippen LogP contribution in [0.5, 0.6) is 5.75 Å². The number of hydrogen-bond acceptors (Lipinski definition) is 5. The van der Waals surface area contributed by atoms with Crippen molar-refractivity contribution in [2.45, 2.75) is 11.8 Å². The van der Waals surface area contributed by atoms with E-state index in [-0.39, 0.29) is 5.91 Å². The van der Waals surface area contributed by atoms with Crippen molar-refractivity contribution in [1.82, 2.24) is 24.3 Å². The quantitative estimate of drug-likeness (QED) is 0.359. The lowest BCUT2D eigenvalue weighted by molar-refractivity contribution is 0.0951. The monoisotopic (exact) mass is 407 g/mol. The fourth-order valence-corrected chi connectivity index (χ4v) is 3.67. The molecule has 0 fully saturated rings. The second kappa shape index (κ2) is 8.83. The molecule has 0 atom stereocenters. The highest BCUT2D eigenvalue weighted by Crippen LogP contribution is 2.20. The van der Waals surface area contributed by atoms with Crippen LogP contribution in [0, 0.1) is 0 Å². The number of ether oxygens (including phenoxy) is 1. The van der Waals surface area contributed by atoms with E-state index in [4.69, 9.17) is 4.74 Å². The first-order valence-electron chi connectivity index (χ1n) is 9.23. The Labute approximate surface area is 172 Å². The number of nitrogens with one attached hydrogen (secondary N) is 1. The minimum atomic E-state index is -0.156. The van der Waals surface area contributed by atoms with Crippen LogP contribution >= 0.6 is 11.8 Å². The van der Waals surface area contributed by atoms with Gasteiger partial charge < -0.3 is 19.0 Å². The van der Waals surface area contributed by atoms with E-state index < -0.39 is 0 Å². The molecule has 0 aliphatic heterocycles. The first kappa shape index (κ1) is 19.1. The molecule has 1 aromatic carbocycles. The summed E-state index contributed by atoms with van der Waals surface area (Å²) >= 11 is 1.60. The van der Waals surface area contributed by atoms with Gasteiger partial charge >= 0.3 is 0 Å². The summed E-state index contributed by atoms with van der Waals surface area (Å²) in [5, 5.41) is 3.87. The summed E-state index contributed by atoms with van der Waals surface area (Å²) in [7, 11) is 1.95. The molecule has 148 valence electrons. The maximum Gasteiger partial charge on any atom is 0.255 e. The molecule has 29 heavy (non-hydrogen) atoms. The molecule has 0 saturated heterocycles. The zero-order valence-corrected chi connectivity index (χ0v) is 16.8. The number of benzene rings is 1. The van der Waals surface area contributed by atoms with Crippen LogP contribution < -0.4 is 10.1 Å². The maximum absolute atomic E-state index is 12.6. The van der Waals surface area contributed by atoms with Crippen LogP contribution in [-0.2, 0) is 13.7 Å². The van der Waals surface area contributed by atoms with Gasteiger partial charge in [-0.05, 0) is 24.3 Å². The number of thioether (sulfide) groups is 1. The lowest BCUT2D eigenvalue weighted by Gasteiger charge is -2.11. The van der Waals surface area contributed by atoms with Crippen molar-refractivity contribution >= 4 is 23.3 Å². The Balaban J connectivity index is 1.34. The lowest BCUT2D eigenvalue weighted by atomic mass is 10.2. The largest absolute Gasteiger partial charge is 0.486 e. The standard InChI is InChI=1S/C21H21N5O2S/c1-25-12-9-23-21(25)29-13-10-22-20(27)17-6-2-3-7-18(17)28-15-16-14-26-11-5-4-8-19(26)24-16/h2-9,11-12,14H,10,13,15H2,1H3,(H,22,27). The van der Waals surface area contributed by atoms with Gasteiger partial charge in [0.2, 0.25) is 0 Å². The number of pyridine rings is 1. The second-order valence-corrected chi connectivity index (χ2v) is 7.47. The normalized spacial score (nSPS) is 10.9. The third kappa shape index (κ3) is 4.60. The van der Waals surface area contributed by atoms with Crippen molar-refractivity contribution in [1.29, 1.82) is 0 Å². The van der Waals surface area contributed by atoms with Crippen LogP contribution in [-0.4, -0.2) is 37.1 Å². The Morgan fingerprint density at radius 2 is 2.03 bits per heavy atom. The van der Waals surface area contributed by atoms with Crippen molar-refractivity contribution in [3.8, 4) is 5.75 Å². The SMILES string of the molecule is Cn1ccnc1SCCNC(=O)c1ccccc1OCc1cn2ccccc2n1. The summed E-state index contributed by atoms with van der Waals surface area (Å²) in [6.45, 7) is 0.831. The van der Waals surface area contributed by atoms with E-state index in [9.17, 15) is 4.79 Å². The van der Waals surface area contributed by atoms with Crippen LogP contribution in [0.3, 0.4) is 0 Å². The van der Waals surface area contributed by atoms with Crippen molar-refractivity contribution in [2.75, 3.05) is 12.3 Å². The highest BCUT2D eigenvalue weighted by molar-refractivity contribution is 7.99. The van der Waals surface area contributed by atoms with Crippen LogP contribution in [0.25, 0.3) is 5.65 Å². The van der Waals surface area contributed by atoms with E-state index in [2.05, 4.69) is 15.3 Å². The Morgan fingerprint density at radius 3 is 2.86 bits per heavy atom. The number of amides is 1. The van der Waals surface area contributed by atoms with Crippen molar-refractivity contribution in [3.63, 3.8) is 0 Å². The number of carbonyl (C=O) groups is 1. The van der Waals surface area contributed by atoms with Gasteiger partial charge in [0, 0.05) is 44.1 Å². The number of rotatable bonds is 8. The van der Waals surface area contributed by atoms with E-state index in [1.54, 1.807) is 30.1 Å². The predicted octanol–water partition coefficient (Wildman–Crippen LogP) is 3.17. The van der Waals surface area contributed by atoms with Crippen molar-refractivity contribution in [3.05, 3.63) is 78.5 Å². The Kier molecular flexibility index (Phi) is 5.81. The molecule has 0 aliphatic carbocycles. The zero-order valence-electron chi connectivity index (χ0n) is 16.0. The first-order chi connectivity index (χ1) is 14.2. The average molecular weight is 407 g/mol. The van der Waals surface area contributed by atoms with Crippen LogP contribution in [0.15, 0.2) is 72.4 Å². The molecular weight excluding hydrogens is 386 g/mol. The van der Waals surface area contributed by atoms with Crippen molar-refractivity contribution < 1.29 is 9.53 Å². The topological polar surface area (TPSA) is 73.5 Å². The van der Waals surface area contributed by atoms with Crippen LogP contribution in [0.1, 0.15) is 16.1 Å². The highest BCUT2D eigenvalue weighted by atomic mass is 32.2. The van der Waals surface area contributed by atoms with Gasteiger partial charge in [0.15, 0.2) is 5.16 Å². The van der Waals surface area contributed by atoms with E-state index in [0.717, 1.165) is 22.3 Å². The fourth-order valence-electron chi connectivity index (χ4n) is 2.88. The molecule has 3 aromatic heterocycles. The number of imidazole rings is 2. The molecule has 1 amide bonds. The third-order valence-electron chi connectivity index (χ3n) is 4.32. The zero-order chi connectivity index (χ0) is 20.1. The number of para-hydroxylation sites is 1. The summed E-state index contributed by atoms with van der Waals surface area (Å²) in [5.74, 6) is 1.12. The van der Waals surface area contributed by atoms with E-state index >= 15 is 0 Å². The number of nitrogens with zero attached hydrogens (tertiary/aromatic N) is 4. The summed E-state index contributed by atoms with van der Waals surface area (Å²) in [4.78, 5) is 21.4. The summed E-state index contributed by atoms with van der Waals surface area (Å²) in [6.07, 6.45) is 7.53. The Bertz CT molecular complexity index is 1090. The molecular formula is C21H21N5O2S. The molecule has 4 rings (SSSR count). The summed E-state index contributed by atoms with van der Waals surface area (Å²) < 4.78 is 9.79. The van der Waals surface area contributed by atoms with Gasteiger partial charge in [0.05, 0.1) is 11.3 Å². The number of aromatic nitrogens is 4. The van der Waals surface area contributed by atoms with E-state index in [1.165, 1.54) is 0 Å². The molecule has 1 N–H and O–H groups in total. The van der Waals surface area contributed by atoms with E-state index in [1.807, 2.05) is 64.9 Å². The van der Waals surface area contributed by atoms with Gasteiger partial charge in [0.25, 0.3) is 5.91 Å². The molecule has 0 aliphatic rings. The molecule has 0 saturated carbocycles. The van der Waals surface area contributed by atoms with Gasteiger partial charge in [-0.1, -0.05) is 30.0 Å². The maximum atomic E-state index is 12.6. The minimum Gasteiger partial charge on any atom is -0.486 e. The van der Waals surface area contributed by atoms with Crippen LogP contribution in [0.2, 0.25) is 0 Å². The Hall–Kier alpha value is -3.26. The average Bonchev–Trinajstić information content (AvgIpc) is 3.35. The molecule has 0 spiro atoms. The summed E-state index contributed by atoms with van der Waals surface area (Å²) in [5.41, 5.74) is 2.18. The number of fused-ring (bicyclic) bond motifs is 1. The first-order valence-corrected chi connectivity index (χ1v) is 10.2. The number of aryl methyl sites for hydroxylation is 1. The molecule has 0 unspecified atom stereocenters. The van der Waals surface area contributed by atoms with E-state index in [0.29, 0.717) is 24.5 Å². The molecule has 0 bridgehead atoms. The summed E-state index contributed by atoms with van der Waals surface area (Å²) in [6, 6.07) is 13.1. The molecule has 0 radical (unpaired) electrons. The smallest absolute Gasteiger partial charge is 0.255 e. The van der Waals surface area contributed by atoms with Gasteiger partial charge in [-0.2, -0.15) is 0 Å². The second-order valence-electron chi connectivity index (χ2n) is 6.41. The molecule has 4 aromatic rings. The lowest BCUT2D eigenvalue weighted by Crippen LogP contribution is -2.26. The molecule has 7 nitrogen and oxygen atoms in total.